The van der Waals surface area contributed by atoms with Gasteiger partial charge < -0.3 is 4.74 Å². The van der Waals surface area contributed by atoms with Gasteiger partial charge in [0.1, 0.15) is 5.75 Å². The highest BCUT2D eigenvalue weighted by Crippen LogP contribution is 2.27. The van der Waals surface area contributed by atoms with Crippen molar-refractivity contribution in [2.75, 3.05) is 16.2 Å². The fourth-order valence-electron chi connectivity index (χ4n) is 3.10. The third-order valence-electron chi connectivity index (χ3n) is 4.55. The van der Waals surface area contributed by atoms with Crippen molar-refractivity contribution in [2.24, 2.45) is 0 Å². The largest absolute Gasteiger partial charge is 0.491 e. The average Bonchev–Trinajstić information content (AvgIpc) is 3.03. The van der Waals surface area contributed by atoms with Crippen molar-refractivity contribution < 1.29 is 30.0 Å². The Balaban J connectivity index is 1.84. The van der Waals surface area contributed by atoms with Crippen molar-refractivity contribution >= 4 is 35.4 Å². The van der Waals surface area contributed by atoms with E-state index in [0.717, 1.165) is 6.07 Å². The first-order valence-electron chi connectivity index (χ1n) is 9.23. The van der Waals surface area contributed by atoms with Gasteiger partial charge in [0.05, 0.1) is 32.7 Å². The molecule has 0 amide bonds. The fourth-order valence-corrected chi connectivity index (χ4v) is 8.69. The number of sulfone groups is 2. The Morgan fingerprint density at radius 3 is 2.20 bits per heavy atom. The second kappa shape index (κ2) is 8.20. The summed E-state index contributed by atoms with van der Waals surface area (Å²) >= 11 is 0. The minimum atomic E-state index is -4.05. The van der Waals surface area contributed by atoms with Crippen LogP contribution in [0.2, 0.25) is 0 Å². The predicted octanol–water partition coefficient (Wildman–Crippen LogP) is 2.24. The maximum absolute atomic E-state index is 12.8. The van der Waals surface area contributed by atoms with E-state index < -0.39 is 40.7 Å². The number of hydrogen-bond donors (Lipinski definition) is 1. The standard InChI is InChI=1S/C19H23NO7S3/c1-14(2)27-16-8-6-15(7-9-16)20-30(25,26)18-5-3-4-17(12-18)29(23,24)19-10-11-28(21,22)13-19/h3-9,12,14,19-20H,10-11,13H2,1-2H3/t19-/m0/s1. The second-order valence-electron chi connectivity index (χ2n) is 7.34. The number of nitrogens with one attached hydrogen (secondary N) is 1. The molecule has 1 aliphatic rings. The number of anilines is 1. The maximum Gasteiger partial charge on any atom is 0.261 e. The zero-order valence-corrected chi connectivity index (χ0v) is 18.9. The topological polar surface area (TPSA) is 124 Å². The van der Waals surface area contributed by atoms with Gasteiger partial charge >= 0.3 is 0 Å². The molecular weight excluding hydrogens is 450 g/mol. The van der Waals surface area contributed by atoms with E-state index in [2.05, 4.69) is 4.72 Å². The molecule has 1 heterocycles. The van der Waals surface area contributed by atoms with Crippen LogP contribution in [-0.4, -0.2) is 48.1 Å². The van der Waals surface area contributed by atoms with Crippen LogP contribution in [0.1, 0.15) is 20.3 Å². The molecule has 30 heavy (non-hydrogen) atoms. The molecule has 1 saturated heterocycles. The SMILES string of the molecule is CC(C)Oc1ccc(NS(=O)(=O)c2cccc(S(=O)(=O)[C@H]3CCS(=O)(=O)C3)c2)cc1. The Morgan fingerprint density at radius 1 is 1.00 bits per heavy atom. The van der Waals surface area contributed by atoms with Crippen molar-refractivity contribution in [2.45, 2.75) is 41.4 Å². The van der Waals surface area contributed by atoms with Gasteiger partial charge in [0.25, 0.3) is 10.0 Å². The van der Waals surface area contributed by atoms with E-state index in [1.54, 1.807) is 24.3 Å². The molecule has 0 spiro atoms. The maximum atomic E-state index is 12.8. The average molecular weight is 474 g/mol. The van der Waals surface area contributed by atoms with Gasteiger partial charge in [0.15, 0.2) is 19.7 Å². The highest BCUT2D eigenvalue weighted by molar-refractivity contribution is 7.96. The number of rotatable bonds is 7. The first-order valence-corrected chi connectivity index (χ1v) is 14.1. The lowest BCUT2D eigenvalue weighted by Gasteiger charge is -2.13. The van der Waals surface area contributed by atoms with Crippen molar-refractivity contribution in [3.8, 4) is 5.75 Å². The molecule has 1 aliphatic heterocycles. The van der Waals surface area contributed by atoms with E-state index in [-0.39, 0.29) is 28.1 Å². The molecule has 11 heteroatoms. The summed E-state index contributed by atoms with van der Waals surface area (Å²) in [6.07, 6.45) is -0.0166. The third-order valence-corrected chi connectivity index (χ3v) is 10.1. The molecule has 164 valence electrons. The molecule has 0 unspecified atom stereocenters. The Labute approximate surface area is 177 Å². The van der Waals surface area contributed by atoms with Gasteiger partial charge in [-0.2, -0.15) is 0 Å². The van der Waals surface area contributed by atoms with Crippen LogP contribution in [0.3, 0.4) is 0 Å². The normalized spacial score (nSPS) is 19.0. The molecule has 8 nitrogen and oxygen atoms in total. The van der Waals surface area contributed by atoms with E-state index in [9.17, 15) is 25.3 Å². The summed E-state index contributed by atoms with van der Waals surface area (Å²) in [5.74, 6) is -0.0463. The van der Waals surface area contributed by atoms with E-state index in [4.69, 9.17) is 4.74 Å². The van der Waals surface area contributed by atoms with Gasteiger partial charge in [-0.15, -0.1) is 0 Å². The predicted molar refractivity (Wildman–Crippen MR) is 114 cm³/mol. The van der Waals surface area contributed by atoms with Crippen LogP contribution < -0.4 is 9.46 Å². The molecular formula is C19H23NO7S3. The zero-order chi connectivity index (χ0) is 22.2. The Bertz CT molecular complexity index is 1230. The molecule has 1 atom stereocenters. The lowest BCUT2D eigenvalue weighted by atomic mass is 10.3. The highest BCUT2D eigenvalue weighted by Gasteiger charge is 2.38. The lowest BCUT2D eigenvalue weighted by Crippen LogP contribution is -2.23. The molecule has 0 bridgehead atoms. The Hall–Kier alpha value is -2.11. The summed E-state index contributed by atoms with van der Waals surface area (Å²) < 4.78 is 82.3. The number of hydrogen-bond acceptors (Lipinski definition) is 7. The van der Waals surface area contributed by atoms with Crippen molar-refractivity contribution in [3.63, 3.8) is 0 Å². The smallest absolute Gasteiger partial charge is 0.261 e. The fraction of sp³-hybridized carbons (Fsp3) is 0.368. The van der Waals surface area contributed by atoms with Crippen LogP contribution in [0, 0.1) is 0 Å². The molecule has 0 aliphatic carbocycles. The molecule has 2 aromatic rings. The van der Waals surface area contributed by atoms with Crippen LogP contribution in [0.5, 0.6) is 5.75 Å². The van der Waals surface area contributed by atoms with E-state index >= 15 is 0 Å². The Kier molecular flexibility index (Phi) is 6.17. The summed E-state index contributed by atoms with van der Waals surface area (Å²) in [4.78, 5) is -0.444. The van der Waals surface area contributed by atoms with Gasteiger partial charge in [0.2, 0.25) is 0 Å². The van der Waals surface area contributed by atoms with Crippen molar-refractivity contribution in [1.82, 2.24) is 0 Å². The highest BCUT2D eigenvalue weighted by atomic mass is 32.2. The number of benzene rings is 2. The van der Waals surface area contributed by atoms with Crippen LogP contribution in [0.15, 0.2) is 58.3 Å². The number of sulfonamides is 1. The monoisotopic (exact) mass is 473 g/mol. The minimum absolute atomic E-state index is 0.00465. The molecule has 0 radical (unpaired) electrons. The molecule has 0 saturated carbocycles. The van der Waals surface area contributed by atoms with E-state index in [0.29, 0.717) is 11.4 Å². The summed E-state index contributed by atoms with van der Waals surface area (Å²) in [6, 6.07) is 11.3. The zero-order valence-electron chi connectivity index (χ0n) is 16.5. The van der Waals surface area contributed by atoms with Crippen LogP contribution >= 0.6 is 0 Å². The van der Waals surface area contributed by atoms with Gasteiger partial charge in [-0.3, -0.25) is 4.72 Å². The molecule has 2 aromatic carbocycles. The van der Waals surface area contributed by atoms with Crippen LogP contribution in [-0.2, 0) is 29.7 Å². The lowest BCUT2D eigenvalue weighted by molar-refractivity contribution is 0.242. The molecule has 3 rings (SSSR count). The Morgan fingerprint density at radius 2 is 1.63 bits per heavy atom. The van der Waals surface area contributed by atoms with Crippen molar-refractivity contribution in [3.05, 3.63) is 48.5 Å². The summed E-state index contributed by atoms with van der Waals surface area (Å²) in [5, 5.41) is -1.07. The van der Waals surface area contributed by atoms with Gasteiger partial charge in [-0.25, -0.2) is 25.3 Å². The summed E-state index contributed by atoms with van der Waals surface area (Å²) in [5.41, 5.74) is 0.293. The summed E-state index contributed by atoms with van der Waals surface area (Å²) in [6.45, 7) is 3.75. The van der Waals surface area contributed by atoms with E-state index in [1.165, 1.54) is 18.2 Å². The first-order chi connectivity index (χ1) is 13.9. The van der Waals surface area contributed by atoms with Gasteiger partial charge in [-0.1, -0.05) is 6.07 Å². The van der Waals surface area contributed by atoms with E-state index in [1.807, 2.05) is 13.8 Å². The van der Waals surface area contributed by atoms with Gasteiger partial charge in [0, 0.05) is 5.69 Å². The third kappa shape index (κ3) is 5.13. The first kappa shape index (κ1) is 22.6. The molecule has 0 aromatic heterocycles. The number of ether oxygens (including phenoxy) is 1. The second-order valence-corrected chi connectivity index (χ2v) is 13.5. The van der Waals surface area contributed by atoms with Crippen molar-refractivity contribution in [1.29, 1.82) is 0 Å². The molecule has 1 N–H and O–H groups in total. The molecule has 1 fully saturated rings. The quantitative estimate of drug-likeness (QED) is 0.654. The summed E-state index contributed by atoms with van der Waals surface area (Å²) in [7, 11) is -11.4. The van der Waals surface area contributed by atoms with Crippen LogP contribution in [0.4, 0.5) is 5.69 Å². The van der Waals surface area contributed by atoms with Gasteiger partial charge in [-0.05, 0) is 62.7 Å². The minimum Gasteiger partial charge on any atom is -0.491 e. The van der Waals surface area contributed by atoms with Crippen LogP contribution in [0.25, 0.3) is 0 Å².